The maximum Gasteiger partial charge on any atom is 0.0106 e. The third-order valence-corrected chi connectivity index (χ3v) is 10.0. The van der Waals surface area contributed by atoms with Crippen molar-refractivity contribution in [3.63, 3.8) is 0 Å². The lowest BCUT2D eigenvalue weighted by atomic mass is 9.77. The van der Waals surface area contributed by atoms with Crippen LogP contribution in [-0.4, -0.2) is 0 Å². The largest absolute Gasteiger partial charge is 0.0989 e. The van der Waals surface area contributed by atoms with Gasteiger partial charge >= 0.3 is 0 Å². The minimum Gasteiger partial charge on any atom is -0.0989 e. The fraction of sp³-hybridized carbons (Fsp3) is 0.628. The molecule has 242 valence electrons. The standard InChI is InChI=1S/C16H28.C16H26.C11H16/c2*1-9(2)14-12(7)15(10(3)4)16(11(5)6)13(14)8;1-7(2)11-9(4)6-8(3)10(11)5/h9-11,14-16H,7-8H2,1-6H3;9-11,14H,7-8H2,1-6H3;6-7,11H,4-5H2,1-3H3. The van der Waals surface area contributed by atoms with E-state index in [2.05, 4.69) is 149 Å². The van der Waals surface area contributed by atoms with Crippen LogP contribution in [0.2, 0.25) is 0 Å². The second-order valence-corrected chi connectivity index (χ2v) is 16.0. The van der Waals surface area contributed by atoms with Gasteiger partial charge in [-0.15, -0.1) is 0 Å². The Hall–Kier alpha value is -2.08. The number of hydrogen-bond donors (Lipinski definition) is 0. The van der Waals surface area contributed by atoms with Crippen molar-refractivity contribution in [1.82, 2.24) is 0 Å². The smallest absolute Gasteiger partial charge is 0.0106 e. The fourth-order valence-electron chi connectivity index (χ4n) is 8.48. The van der Waals surface area contributed by atoms with Crippen LogP contribution in [0.5, 0.6) is 0 Å². The molecule has 43 heavy (non-hydrogen) atoms. The van der Waals surface area contributed by atoms with Crippen LogP contribution in [0, 0.1) is 71.0 Å². The van der Waals surface area contributed by atoms with Crippen molar-refractivity contribution in [3.05, 3.63) is 95.7 Å². The van der Waals surface area contributed by atoms with Crippen molar-refractivity contribution in [3.8, 4) is 0 Å². The lowest BCUT2D eigenvalue weighted by Crippen LogP contribution is -2.20. The first-order valence-electron chi connectivity index (χ1n) is 17.2. The Morgan fingerprint density at radius 2 is 0.767 bits per heavy atom. The SMILES string of the molecule is C=C1C(C(C)C)=C(C(C)C)C(=C)C1C(C)C.C=C1C(C(C)C)C(=C)C(C(C)C)C1C(C)C.C=C1C=C(C)C(=C)C1C(C)C. The van der Waals surface area contributed by atoms with Crippen molar-refractivity contribution in [2.24, 2.45) is 71.0 Å². The zero-order chi connectivity index (χ0) is 33.8. The van der Waals surface area contributed by atoms with Crippen LogP contribution >= 0.6 is 0 Å². The number of hydrogen-bond acceptors (Lipinski definition) is 0. The molecule has 3 atom stereocenters. The molecule has 0 saturated heterocycles. The van der Waals surface area contributed by atoms with E-state index in [9.17, 15) is 0 Å². The molecule has 0 amide bonds. The molecule has 1 fully saturated rings. The summed E-state index contributed by atoms with van der Waals surface area (Å²) in [5, 5.41) is 0. The van der Waals surface area contributed by atoms with E-state index < -0.39 is 0 Å². The van der Waals surface area contributed by atoms with Gasteiger partial charge in [-0.05, 0) is 99.2 Å². The van der Waals surface area contributed by atoms with Crippen molar-refractivity contribution in [2.75, 3.05) is 0 Å². The number of rotatable bonds is 7. The van der Waals surface area contributed by atoms with Crippen molar-refractivity contribution in [1.29, 1.82) is 0 Å². The highest BCUT2D eigenvalue weighted by atomic mass is 14.5. The zero-order valence-electron chi connectivity index (χ0n) is 31.2. The Bertz CT molecular complexity index is 1070. The van der Waals surface area contributed by atoms with E-state index in [1.807, 2.05) is 0 Å². The highest BCUT2D eigenvalue weighted by Crippen LogP contribution is 2.52. The fourth-order valence-corrected chi connectivity index (χ4v) is 8.48. The highest BCUT2D eigenvalue weighted by molar-refractivity contribution is 5.57. The molecule has 0 aliphatic heterocycles. The Kier molecular flexibility index (Phi) is 14.3. The van der Waals surface area contributed by atoms with Gasteiger partial charge in [0.1, 0.15) is 0 Å². The van der Waals surface area contributed by atoms with Crippen LogP contribution < -0.4 is 0 Å². The third-order valence-electron chi connectivity index (χ3n) is 10.0. The van der Waals surface area contributed by atoms with Crippen molar-refractivity contribution in [2.45, 2.75) is 104 Å². The van der Waals surface area contributed by atoms with Gasteiger partial charge in [0.25, 0.3) is 0 Å². The minimum absolute atomic E-state index is 0.467. The van der Waals surface area contributed by atoms with E-state index in [0.29, 0.717) is 71.0 Å². The maximum absolute atomic E-state index is 4.38. The molecule has 0 heteroatoms. The van der Waals surface area contributed by atoms with E-state index in [4.69, 9.17) is 0 Å². The Morgan fingerprint density at radius 3 is 0.953 bits per heavy atom. The molecule has 0 heterocycles. The summed E-state index contributed by atoms with van der Waals surface area (Å²) in [7, 11) is 0. The van der Waals surface area contributed by atoms with E-state index in [0.717, 1.165) is 0 Å². The first-order valence-corrected chi connectivity index (χ1v) is 17.2. The first-order chi connectivity index (χ1) is 19.6. The monoisotopic (exact) mass is 587 g/mol. The summed E-state index contributed by atoms with van der Waals surface area (Å²) in [6.07, 6.45) is 2.15. The summed E-state index contributed by atoms with van der Waals surface area (Å²) in [5.41, 5.74) is 12.2. The predicted molar refractivity (Wildman–Crippen MR) is 197 cm³/mol. The summed E-state index contributed by atoms with van der Waals surface area (Å²) in [6, 6.07) is 0. The van der Waals surface area contributed by atoms with Gasteiger partial charge in [-0.25, -0.2) is 0 Å². The Labute approximate surface area is 270 Å². The van der Waals surface area contributed by atoms with Crippen LogP contribution in [0.1, 0.15) is 104 Å². The third kappa shape index (κ3) is 8.55. The van der Waals surface area contributed by atoms with Crippen LogP contribution in [-0.2, 0) is 0 Å². The summed E-state index contributed by atoms with van der Waals surface area (Å²) in [4.78, 5) is 0. The van der Waals surface area contributed by atoms with E-state index in [1.54, 1.807) is 0 Å². The zero-order valence-corrected chi connectivity index (χ0v) is 31.2. The first kappa shape index (κ1) is 38.9. The summed E-state index contributed by atoms with van der Waals surface area (Å²) < 4.78 is 0. The van der Waals surface area contributed by atoms with Crippen molar-refractivity contribution >= 4 is 0 Å². The predicted octanol–water partition coefficient (Wildman–Crippen LogP) is 13.3. The molecule has 0 nitrogen and oxygen atoms in total. The summed E-state index contributed by atoms with van der Waals surface area (Å²) in [5.74, 6) is 7.14. The lowest BCUT2D eigenvalue weighted by Gasteiger charge is -2.27. The van der Waals surface area contributed by atoms with Crippen molar-refractivity contribution < 1.29 is 0 Å². The summed E-state index contributed by atoms with van der Waals surface area (Å²) >= 11 is 0. The Balaban J connectivity index is 0.000000329. The van der Waals surface area contributed by atoms with Gasteiger partial charge in [-0.2, -0.15) is 0 Å². The molecule has 0 aromatic heterocycles. The molecule has 3 unspecified atom stereocenters. The van der Waals surface area contributed by atoms with E-state index in [-0.39, 0.29) is 0 Å². The molecule has 0 radical (unpaired) electrons. The average molecular weight is 587 g/mol. The highest BCUT2D eigenvalue weighted by Gasteiger charge is 2.44. The van der Waals surface area contributed by atoms with Crippen LogP contribution in [0.15, 0.2) is 95.7 Å². The molecule has 3 rings (SSSR count). The molecular formula is C43H70. The van der Waals surface area contributed by atoms with Gasteiger partial charge in [0.05, 0.1) is 0 Å². The molecule has 0 aromatic rings. The maximum atomic E-state index is 4.38. The summed E-state index contributed by atoms with van der Waals surface area (Å²) in [6.45, 7) is 59.5. The van der Waals surface area contributed by atoms with Gasteiger partial charge in [0.2, 0.25) is 0 Å². The molecule has 0 bridgehead atoms. The normalized spacial score (nSPS) is 24.9. The van der Waals surface area contributed by atoms with Gasteiger partial charge in [-0.1, -0.05) is 154 Å². The molecular weight excluding hydrogens is 516 g/mol. The molecule has 3 aliphatic carbocycles. The van der Waals surface area contributed by atoms with E-state index in [1.165, 1.54) is 50.2 Å². The molecule has 0 aromatic carbocycles. The Morgan fingerprint density at radius 1 is 0.442 bits per heavy atom. The van der Waals surface area contributed by atoms with Crippen LogP contribution in [0.4, 0.5) is 0 Å². The molecule has 0 N–H and O–H groups in total. The topological polar surface area (TPSA) is 0 Å². The van der Waals surface area contributed by atoms with Gasteiger partial charge in [-0.3, -0.25) is 0 Å². The number of allylic oxidation sites excluding steroid dienone is 10. The second-order valence-electron chi connectivity index (χ2n) is 16.0. The molecule has 1 saturated carbocycles. The second kappa shape index (κ2) is 15.8. The minimum atomic E-state index is 0.467. The lowest BCUT2D eigenvalue weighted by molar-refractivity contribution is 0.296. The average Bonchev–Trinajstić information content (AvgIpc) is 3.38. The van der Waals surface area contributed by atoms with Crippen LogP contribution in [0.3, 0.4) is 0 Å². The van der Waals surface area contributed by atoms with Crippen LogP contribution in [0.25, 0.3) is 0 Å². The quantitative estimate of drug-likeness (QED) is 0.260. The van der Waals surface area contributed by atoms with Gasteiger partial charge < -0.3 is 0 Å². The molecule has 0 spiro atoms. The molecule has 3 aliphatic rings. The van der Waals surface area contributed by atoms with E-state index >= 15 is 0 Å². The van der Waals surface area contributed by atoms with Gasteiger partial charge in [0.15, 0.2) is 0 Å². The van der Waals surface area contributed by atoms with Gasteiger partial charge in [0, 0.05) is 17.8 Å².